The van der Waals surface area contributed by atoms with Gasteiger partial charge in [-0.05, 0) is 36.6 Å². The first kappa shape index (κ1) is 23.8. The summed E-state index contributed by atoms with van der Waals surface area (Å²) in [7, 11) is -0.762. The van der Waals surface area contributed by atoms with Crippen LogP contribution in [0.3, 0.4) is 0 Å². The lowest BCUT2D eigenvalue weighted by Gasteiger charge is -2.31. The molecule has 1 N–H and O–H groups in total. The zero-order chi connectivity index (χ0) is 23.5. The summed E-state index contributed by atoms with van der Waals surface area (Å²) in [5.74, 6) is -2.79. The van der Waals surface area contributed by atoms with Crippen molar-refractivity contribution in [3.63, 3.8) is 0 Å². The monoisotopic (exact) mass is 465 g/mol. The topological polar surface area (TPSA) is 86.8 Å². The third kappa shape index (κ3) is 5.13. The molecule has 0 unspecified atom stereocenters. The second kappa shape index (κ2) is 9.74. The zero-order valence-corrected chi connectivity index (χ0v) is 18.7. The SMILES string of the molecule is CN(C)S(=O)(=O)c1ccccc1CNC(=O)C1CCN(C(=O)c2ccc(F)cc2F)CC1. The first-order valence-electron chi connectivity index (χ1n) is 10.1. The minimum absolute atomic E-state index is 0.0576. The van der Waals surface area contributed by atoms with Crippen LogP contribution in [0.25, 0.3) is 0 Å². The van der Waals surface area contributed by atoms with Gasteiger partial charge < -0.3 is 10.2 Å². The molecule has 0 atom stereocenters. The van der Waals surface area contributed by atoms with Crippen LogP contribution in [-0.4, -0.2) is 56.6 Å². The Kier molecular flexibility index (Phi) is 7.25. The normalized spacial score (nSPS) is 15.1. The molecule has 0 bridgehead atoms. The van der Waals surface area contributed by atoms with Crippen molar-refractivity contribution >= 4 is 21.8 Å². The number of hydrogen-bond acceptors (Lipinski definition) is 4. The van der Waals surface area contributed by atoms with Crippen LogP contribution in [-0.2, 0) is 21.4 Å². The van der Waals surface area contributed by atoms with E-state index in [2.05, 4.69) is 5.32 Å². The van der Waals surface area contributed by atoms with Crippen molar-refractivity contribution < 1.29 is 26.8 Å². The van der Waals surface area contributed by atoms with Crippen LogP contribution < -0.4 is 5.32 Å². The Balaban J connectivity index is 1.59. The van der Waals surface area contributed by atoms with E-state index in [1.54, 1.807) is 18.2 Å². The van der Waals surface area contributed by atoms with Crippen molar-refractivity contribution in [1.29, 1.82) is 0 Å². The lowest BCUT2D eigenvalue weighted by atomic mass is 9.95. The Bertz CT molecular complexity index is 1110. The molecular weight excluding hydrogens is 440 g/mol. The molecule has 0 aliphatic carbocycles. The van der Waals surface area contributed by atoms with Crippen LogP contribution in [0.2, 0.25) is 0 Å². The maximum Gasteiger partial charge on any atom is 0.256 e. The van der Waals surface area contributed by atoms with Crippen molar-refractivity contribution in [3.05, 3.63) is 65.2 Å². The third-order valence-electron chi connectivity index (χ3n) is 5.50. The van der Waals surface area contributed by atoms with Crippen molar-refractivity contribution in [2.24, 2.45) is 5.92 Å². The van der Waals surface area contributed by atoms with Gasteiger partial charge in [-0.25, -0.2) is 21.5 Å². The molecule has 1 saturated heterocycles. The van der Waals surface area contributed by atoms with Gasteiger partial charge in [0.2, 0.25) is 15.9 Å². The number of carbonyl (C=O) groups excluding carboxylic acids is 2. The first-order chi connectivity index (χ1) is 15.1. The van der Waals surface area contributed by atoms with Crippen LogP contribution >= 0.6 is 0 Å². The van der Waals surface area contributed by atoms with Gasteiger partial charge in [0.1, 0.15) is 11.6 Å². The molecule has 10 heteroatoms. The molecule has 2 aromatic carbocycles. The Morgan fingerprint density at radius 1 is 1.09 bits per heavy atom. The molecule has 3 rings (SSSR count). The molecule has 1 aliphatic heterocycles. The summed E-state index contributed by atoms with van der Waals surface area (Å²) in [6.45, 7) is 0.584. The average molecular weight is 466 g/mol. The van der Waals surface area contributed by atoms with E-state index >= 15 is 0 Å². The maximum absolute atomic E-state index is 13.9. The number of nitrogens with zero attached hydrogens (tertiary/aromatic N) is 2. The number of hydrogen-bond donors (Lipinski definition) is 1. The Hall–Kier alpha value is -2.85. The molecule has 7 nitrogen and oxygen atoms in total. The molecule has 1 fully saturated rings. The largest absolute Gasteiger partial charge is 0.352 e. The Morgan fingerprint density at radius 2 is 1.75 bits per heavy atom. The molecule has 0 spiro atoms. The van der Waals surface area contributed by atoms with E-state index in [0.717, 1.165) is 16.4 Å². The lowest BCUT2D eigenvalue weighted by molar-refractivity contribution is -0.126. The van der Waals surface area contributed by atoms with Crippen LogP contribution in [0, 0.1) is 17.6 Å². The van der Waals surface area contributed by atoms with Gasteiger partial charge in [-0.1, -0.05) is 18.2 Å². The quantitative estimate of drug-likeness (QED) is 0.710. The van der Waals surface area contributed by atoms with Crippen LogP contribution in [0.1, 0.15) is 28.8 Å². The van der Waals surface area contributed by atoms with E-state index in [-0.39, 0.29) is 41.9 Å². The molecule has 0 saturated carbocycles. The van der Waals surface area contributed by atoms with Crippen molar-refractivity contribution in [3.8, 4) is 0 Å². The number of benzene rings is 2. The number of halogens is 2. The molecule has 2 amide bonds. The van der Waals surface area contributed by atoms with E-state index in [4.69, 9.17) is 0 Å². The van der Waals surface area contributed by atoms with Crippen molar-refractivity contribution in [2.75, 3.05) is 27.2 Å². The maximum atomic E-state index is 13.9. The summed E-state index contributed by atoms with van der Waals surface area (Å²) in [6.07, 6.45) is 0.774. The van der Waals surface area contributed by atoms with Crippen LogP contribution in [0.5, 0.6) is 0 Å². The van der Waals surface area contributed by atoms with Crippen molar-refractivity contribution in [2.45, 2.75) is 24.3 Å². The molecule has 2 aromatic rings. The van der Waals surface area contributed by atoms with Crippen LogP contribution in [0.4, 0.5) is 8.78 Å². The summed E-state index contributed by atoms with van der Waals surface area (Å²) in [5, 5.41) is 2.78. The molecule has 172 valence electrons. The summed E-state index contributed by atoms with van der Waals surface area (Å²) in [5.41, 5.74) is 0.280. The standard InChI is InChI=1S/C22H25F2N3O4S/c1-26(2)32(30,31)20-6-4-3-5-16(20)14-25-21(28)15-9-11-27(12-10-15)22(29)18-8-7-17(23)13-19(18)24/h3-8,13,15H,9-12,14H2,1-2H3,(H,25,28). The van der Waals surface area contributed by atoms with Gasteiger partial charge in [-0.3, -0.25) is 9.59 Å². The minimum atomic E-state index is -3.65. The highest BCUT2D eigenvalue weighted by molar-refractivity contribution is 7.89. The zero-order valence-electron chi connectivity index (χ0n) is 17.8. The molecule has 0 radical (unpaired) electrons. The Morgan fingerprint density at radius 3 is 2.38 bits per heavy atom. The molecular formula is C22H25F2N3O4S. The van der Waals surface area contributed by atoms with E-state index in [0.29, 0.717) is 24.5 Å². The van der Waals surface area contributed by atoms with E-state index in [1.165, 1.54) is 25.1 Å². The van der Waals surface area contributed by atoms with E-state index < -0.39 is 27.6 Å². The summed E-state index contributed by atoms with van der Waals surface area (Å²) in [6, 6.07) is 9.29. The fraction of sp³-hybridized carbons (Fsp3) is 0.364. The van der Waals surface area contributed by atoms with Gasteiger partial charge >= 0.3 is 0 Å². The number of nitrogens with one attached hydrogen (secondary N) is 1. The summed E-state index contributed by atoms with van der Waals surface area (Å²) >= 11 is 0. The van der Waals surface area contributed by atoms with Gasteiger partial charge in [0.05, 0.1) is 10.5 Å². The highest BCUT2D eigenvalue weighted by Crippen LogP contribution is 2.22. The summed E-state index contributed by atoms with van der Waals surface area (Å²) < 4.78 is 53.1. The van der Waals surface area contributed by atoms with Gasteiger partial charge in [0, 0.05) is 45.7 Å². The number of rotatable bonds is 6. The summed E-state index contributed by atoms with van der Waals surface area (Å²) in [4.78, 5) is 26.7. The fourth-order valence-corrected chi connectivity index (χ4v) is 4.72. The van der Waals surface area contributed by atoms with Crippen LogP contribution in [0.15, 0.2) is 47.4 Å². The van der Waals surface area contributed by atoms with Gasteiger partial charge in [-0.15, -0.1) is 0 Å². The first-order valence-corrected chi connectivity index (χ1v) is 11.6. The number of sulfonamides is 1. The third-order valence-corrected chi connectivity index (χ3v) is 7.41. The predicted molar refractivity (Wildman–Crippen MR) is 114 cm³/mol. The molecule has 32 heavy (non-hydrogen) atoms. The highest BCUT2D eigenvalue weighted by Gasteiger charge is 2.29. The minimum Gasteiger partial charge on any atom is -0.352 e. The lowest BCUT2D eigenvalue weighted by Crippen LogP contribution is -2.43. The predicted octanol–water partition coefficient (Wildman–Crippen LogP) is 2.38. The number of amides is 2. The van der Waals surface area contributed by atoms with Gasteiger partial charge in [0.25, 0.3) is 5.91 Å². The Labute approximate surface area is 186 Å². The number of piperidine rings is 1. The molecule has 1 heterocycles. The molecule has 1 aliphatic rings. The molecule has 0 aromatic heterocycles. The highest BCUT2D eigenvalue weighted by atomic mass is 32.2. The second-order valence-electron chi connectivity index (χ2n) is 7.80. The van der Waals surface area contributed by atoms with E-state index in [1.807, 2.05) is 0 Å². The van der Waals surface area contributed by atoms with E-state index in [9.17, 15) is 26.8 Å². The number of likely N-dealkylation sites (tertiary alicyclic amines) is 1. The smallest absolute Gasteiger partial charge is 0.256 e. The average Bonchev–Trinajstić information content (AvgIpc) is 2.77. The van der Waals surface area contributed by atoms with Gasteiger partial charge in [-0.2, -0.15) is 0 Å². The fourth-order valence-electron chi connectivity index (χ4n) is 3.60. The second-order valence-corrected chi connectivity index (χ2v) is 9.92. The number of carbonyl (C=O) groups is 2. The van der Waals surface area contributed by atoms with Gasteiger partial charge in [0.15, 0.2) is 0 Å². The van der Waals surface area contributed by atoms with Crippen molar-refractivity contribution in [1.82, 2.24) is 14.5 Å².